The highest BCUT2D eigenvalue weighted by Gasteiger charge is 2.17. The van der Waals surface area contributed by atoms with Crippen LogP contribution in [0.3, 0.4) is 0 Å². The number of methoxy groups -OCH3 is 3. The van der Waals surface area contributed by atoms with Crippen LogP contribution in [0.5, 0.6) is 23.0 Å². The van der Waals surface area contributed by atoms with Crippen LogP contribution >= 0.6 is 0 Å². The SMILES string of the molecule is CCCc1cc2c(-c3cc(OC)c(OC)c(OC)c3)coc2cc1O. The number of benzene rings is 2. The van der Waals surface area contributed by atoms with Crippen LogP contribution in [0.25, 0.3) is 22.1 Å². The zero-order valence-electron chi connectivity index (χ0n) is 14.9. The van der Waals surface area contributed by atoms with Gasteiger partial charge in [0, 0.05) is 17.0 Å². The number of fused-ring (bicyclic) bond motifs is 1. The summed E-state index contributed by atoms with van der Waals surface area (Å²) < 4.78 is 21.9. The molecule has 0 saturated heterocycles. The molecule has 0 unspecified atom stereocenters. The second kappa shape index (κ2) is 6.97. The predicted molar refractivity (Wildman–Crippen MR) is 97.0 cm³/mol. The van der Waals surface area contributed by atoms with Crippen molar-refractivity contribution in [3.63, 3.8) is 0 Å². The van der Waals surface area contributed by atoms with Gasteiger partial charge >= 0.3 is 0 Å². The molecule has 1 heterocycles. The van der Waals surface area contributed by atoms with Crippen LogP contribution in [0.15, 0.2) is 34.9 Å². The van der Waals surface area contributed by atoms with Gasteiger partial charge in [-0.15, -0.1) is 0 Å². The molecule has 3 rings (SSSR count). The Hall–Kier alpha value is -2.82. The standard InChI is InChI=1S/C20H22O5/c1-5-6-12-7-14-15(11-25-17(14)10-16(12)21)13-8-18(22-2)20(24-4)19(9-13)23-3/h7-11,21H,5-6H2,1-4H3. The fraction of sp³-hybridized carbons (Fsp3) is 0.300. The summed E-state index contributed by atoms with van der Waals surface area (Å²) in [5.74, 6) is 1.98. The number of phenols is 1. The van der Waals surface area contributed by atoms with E-state index in [-0.39, 0.29) is 5.75 Å². The molecule has 0 saturated carbocycles. The van der Waals surface area contributed by atoms with Crippen LogP contribution in [0.2, 0.25) is 0 Å². The van der Waals surface area contributed by atoms with E-state index in [1.54, 1.807) is 33.7 Å². The Morgan fingerprint density at radius 1 is 0.960 bits per heavy atom. The third-order valence-corrected chi connectivity index (χ3v) is 4.27. The van der Waals surface area contributed by atoms with Crippen molar-refractivity contribution in [3.05, 3.63) is 36.1 Å². The van der Waals surface area contributed by atoms with E-state index in [1.807, 2.05) is 18.2 Å². The summed E-state index contributed by atoms with van der Waals surface area (Å²) in [7, 11) is 4.75. The van der Waals surface area contributed by atoms with E-state index in [1.165, 1.54) is 0 Å². The Kier molecular flexibility index (Phi) is 4.74. The number of rotatable bonds is 6. The molecule has 0 atom stereocenters. The number of furan rings is 1. The summed E-state index contributed by atoms with van der Waals surface area (Å²) >= 11 is 0. The predicted octanol–water partition coefficient (Wildman–Crippen LogP) is 4.78. The molecular formula is C20H22O5. The summed E-state index contributed by atoms with van der Waals surface area (Å²) in [5.41, 5.74) is 3.35. The summed E-state index contributed by atoms with van der Waals surface area (Å²) in [5, 5.41) is 11.1. The van der Waals surface area contributed by atoms with Crippen molar-refractivity contribution in [2.45, 2.75) is 19.8 Å². The maximum atomic E-state index is 10.1. The Bertz CT molecular complexity index is 869. The van der Waals surface area contributed by atoms with E-state index in [0.717, 1.165) is 34.9 Å². The molecule has 0 fully saturated rings. The second-order valence-corrected chi connectivity index (χ2v) is 5.79. The van der Waals surface area contributed by atoms with Crippen molar-refractivity contribution < 1.29 is 23.7 Å². The van der Waals surface area contributed by atoms with Gasteiger partial charge in [0.1, 0.15) is 11.3 Å². The first-order valence-corrected chi connectivity index (χ1v) is 8.16. The molecule has 0 amide bonds. The minimum Gasteiger partial charge on any atom is -0.508 e. The second-order valence-electron chi connectivity index (χ2n) is 5.79. The van der Waals surface area contributed by atoms with Crippen LogP contribution < -0.4 is 14.2 Å². The van der Waals surface area contributed by atoms with Crippen molar-refractivity contribution in [1.82, 2.24) is 0 Å². The molecule has 132 valence electrons. The zero-order chi connectivity index (χ0) is 18.0. The average molecular weight is 342 g/mol. The van der Waals surface area contributed by atoms with Gasteiger partial charge in [0.25, 0.3) is 0 Å². The number of hydrogen-bond acceptors (Lipinski definition) is 5. The number of aryl methyl sites for hydroxylation is 1. The van der Waals surface area contributed by atoms with Gasteiger partial charge in [-0.1, -0.05) is 13.3 Å². The summed E-state index contributed by atoms with van der Waals surface area (Å²) in [4.78, 5) is 0. The Morgan fingerprint density at radius 2 is 1.64 bits per heavy atom. The van der Waals surface area contributed by atoms with Gasteiger partial charge in [-0.05, 0) is 35.7 Å². The molecule has 3 aromatic rings. The zero-order valence-corrected chi connectivity index (χ0v) is 14.9. The highest BCUT2D eigenvalue weighted by Crippen LogP contribution is 2.43. The molecule has 0 spiro atoms. The van der Waals surface area contributed by atoms with E-state index in [2.05, 4.69) is 6.92 Å². The van der Waals surface area contributed by atoms with Crippen molar-refractivity contribution in [3.8, 4) is 34.1 Å². The van der Waals surface area contributed by atoms with Crippen LogP contribution in [0.1, 0.15) is 18.9 Å². The lowest BCUT2D eigenvalue weighted by atomic mass is 10.00. The van der Waals surface area contributed by atoms with Gasteiger partial charge < -0.3 is 23.7 Å². The molecule has 2 aromatic carbocycles. The molecule has 0 aliphatic heterocycles. The molecular weight excluding hydrogens is 320 g/mol. The highest BCUT2D eigenvalue weighted by molar-refractivity contribution is 5.96. The first kappa shape index (κ1) is 17.0. The number of ether oxygens (including phenoxy) is 3. The normalized spacial score (nSPS) is 10.9. The van der Waals surface area contributed by atoms with E-state index in [0.29, 0.717) is 22.8 Å². The van der Waals surface area contributed by atoms with Gasteiger partial charge in [-0.2, -0.15) is 0 Å². The molecule has 1 N–H and O–H groups in total. The maximum absolute atomic E-state index is 10.1. The van der Waals surface area contributed by atoms with Crippen molar-refractivity contribution in [2.24, 2.45) is 0 Å². The van der Waals surface area contributed by atoms with Gasteiger partial charge in [0.15, 0.2) is 11.5 Å². The lowest BCUT2D eigenvalue weighted by molar-refractivity contribution is 0.324. The minimum atomic E-state index is 0.264. The molecule has 0 aliphatic carbocycles. The smallest absolute Gasteiger partial charge is 0.203 e. The van der Waals surface area contributed by atoms with Gasteiger partial charge in [0.2, 0.25) is 5.75 Å². The summed E-state index contributed by atoms with van der Waals surface area (Å²) in [6, 6.07) is 7.42. The first-order chi connectivity index (χ1) is 12.1. The van der Waals surface area contributed by atoms with E-state index in [9.17, 15) is 5.11 Å². The van der Waals surface area contributed by atoms with Crippen molar-refractivity contribution in [2.75, 3.05) is 21.3 Å². The minimum absolute atomic E-state index is 0.264. The van der Waals surface area contributed by atoms with Crippen LogP contribution in [-0.2, 0) is 6.42 Å². The van der Waals surface area contributed by atoms with Gasteiger partial charge in [0.05, 0.1) is 27.6 Å². The lowest BCUT2D eigenvalue weighted by Gasteiger charge is -2.14. The van der Waals surface area contributed by atoms with E-state index < -0.39 is 0 Å². The van der Waals surface area contributed by atoms with Crippen LogP contribution in [-0.4, -0.2) is 26.4 Å². The Balaban J connectivity index is 2.20. The van der Waals surface area contributed by atoms with Crippen molar-refractivity contribution in [1.29, 1.82) is 0 Å². The first-order valence-electron chi connectivity index (χ1n) is 8.16. The molecule has 5 nitrogen and oxygen atoms in total. The topological polar surface area (TPSA) is 61.1 Å². The third kappa shape index (κ3) is 2.97. The fourth-order valence-corrected chi connectivity index (χ4v) is 3.04. The van der Waals surface area contributed by atoms with E-state index in [4.69, 9.17) is 18.6 Å². The van der Waals surface area contributed by atoms with Crippen molar-refractivity contribution >= 4 is 11.0 Å². The molecule has 1 aromatic heterocycles. The number of hydrogen-bond donors (Lipinski definition) is 1. The number of aromatic hydroxyl groups is 1. The van der Waals surface area contributed by atoms with E-state index >= 15 is 0 Å². The summed E-state index contributed by atoms with van der Waals surface area (Å²) in [6.45, 7) is 2.08. The lowest BCUT2D eigenvalue weighted by Crippen LogP contribution is -1.95. The largest absolute Gasteiger partial charge is 0.508 e. The third-order valence-electron chi connectivity index (χ3n) is 4.27. The maximum Gasteiger partial charge on any atom is 0.203 e. The van der Waals surface area contributed by atoms with Gasteiger partial charge in [-0.3, -0.25) is 0 Å². The molecule has 25 heavy (non-hydrogen) atoms. The Labute approximate surface area is 146 Å². The van der Waals surface area contributed by atoms with Crippen LogP contribution in [0, 0.1) is 0 Å². The van der Waals surface area contributed by atoms with Gasteiger partial charge in [-0.25, -0.2) is 0 Å². The number of phenolic OH excluding ortho intramolecular Hbond substituents is 1. The highest BCUT2D eigenvalue weighted by atomic mass is 16.5. The average Bonchev–Trinajstić information content (AvgIpc) is 3.03. The molecule has 0 radical (unpaired) electrons. The quantitative estimate of drug-likeness (QED) is 0.698. The molecule has 0 bridgehead atoms. The molecule has 0 aliphatic rings. The molecule has 5 heteroatoms. The Morgan fingerprint density at radius 3 is 2.20 bits per heavy atom. The monoisotopic (exact) mass is 342 g/mol. The fourth-order valence-electron chi connectivity index (χ4n) is 3.04. The van der Waals surface area contributed by atoms with Crippen LogP contribution in [0.4, 0.5) is 0 Å². The summed E-state index contributed by atoms with van der Waals surface area (Å²) in [6.07, 6.45) is 3.44.